The molecule has 1 aliphatic carbocycles. The molecule has 24 heavy (non-hydrogen) atoms. The molecular formula is C18H14N4O2. The minimum absolute atomic E-state index is 0.0552. The van der Waals surface area contributed by atoms with Crippen molar-refractivity contribution in [3.8, 4) is 11.1 Å². The summed E-state index contributed by atoms with van der Waals surface area (Å²) in [5, 5.41) is 0. The van der Waals surface area contributed by atoms with Gasteiger partial charge in [0.25, 0.3) is 6.02 Å². The number of hydrogen-bond donors (Lipinski definition) is 1. The molecule has 0 bridgehead atoms. The number of carbonyl (C=O) groups is 1. The van der Waals surface area contributed by atoms with Crippen molar-refractivity contribution in [2.45, 2.75) is 18.4 Å². The van der Waals surface area contributed by atoms with Crippen molar-refractivity contribution < 1.29 is 9.53 Å². The lowest BCUT2D eigenvalue weighted by Gasteiger charge is -2.30. The summed E-state index contributed by atoms with van der Waals surface area (Å²) in [5.74, 6) is -0.0552. The molecular weight excluding hydrogens is 304 g/mol. The van der Waals surface area contributed by atoms with Gasteiger partial charge in [-0.2, -0.15) is 0 Å². The Morgan fingerprint density at radius 1 is 1.29 bits per heavy atom. The van der Waals surface area contributed by atoms with Gasteiger partial charge in [-0.05, 0) is 35.6 Å². The molecule has 6 nitrogen and oxygen atoms in total. The van der Waals surface area contributed by atoms with Crippen LogP contribution in [-0.2, 0) is 11.2 Å². The van der Waals surface area contributed by atoms with Crippen molar-refractivity contribution in [1.29, 1.82) is 0 Å². The van der Waals surface area contributed by atoms with E-state index in [0.29, 0.717) is 24.1 Å². The molecule has 1 aromatic heterocycles. The van der Waals surface area contributed by atoms with Gasteiger partial charge in [0.2, 0.25) is 5.69 Å². The largest absolute Gasteiger partial charge is 0.462 e. The van der Waals surface area contributed by atoms with Gasteiger partial charge in [0.15, 0.2) is 11.3 Å². The summed E-state index contributed by atoms with van der Waals surface area (Å²) in [4.78, 5) is 24.8. The van der Waals surface area contributed by atoms with Gasteiger partial charge in [0.05, 0.1) is 6.57 Å². The second-order valence-corrected chi connectivity index (χ2v) is 5.97. The zero-order valence-corrected chi connectivity index (χ0v) is 12.8. The quantitative estimate of drug-likeness (QED) is 0.819. The number of aromatic nitrogens is 1. The molecule has 0 fully saturated rings. The summed E-state index contributed by atoms with van der Waals surface area (Å²) in [6, 6.07) is 7.49. The van der Waals surface area contributed by atoms with Crippen LogP contribution in [0, 0.1) is 6.57 Å². The monoisotopic (exact) mass is 318 g/mol. The van der Waals surface area contributed by atoms with E-state index in [1.165, 1.54) is 6.20 Å². The lowest BCUT2D eigenvalue weighted by atomic mass is 9.75. The standard InChI is InChI=1S/C18H14N4O2/c1-20-12-7-11(8-21-9-12)13-3-2-4-15-14(13)5-6-18(16(15)23)10-24-17(19)22-18/h2-4,7-9H,5-6,10H2,(H2,19,22). The Bertz CT molecular complexity index is 929. The van der Waals surface area contributed by atoms with Crippen LogP contribution in [0.3, 0.4) is 0 Å². The highest BCUT2D eigenvalue weighted by Crippen LogP contribution is 2.39. The summed E-state index contributed by atoms with van der Waals surface area (Å²) in [6.45, 7) is 7.35. The zero-order valence-electron chi connectivity index (χ0n) is 12.8. The van der Waals surface area contributed by atoms with E-state index in [-0.39, 0.29) is 18.4 Å². The first-order chi connectivity index (χ1) is 11.6. The molecule has 118 valence electrons. The van der Waals surface area contributed by atoms with Crippen molar-refractivity contribution in [3.05, 3.63) is 59.2 Å². The van der Waals surface area contributed by atoms with E-state index in [2.05, 4.69) is 14.8 Å². The number of Topliss-reactive ketones (excluding diaryl/α,β-unsaturated/α-hetero) is 1. The van der Waals surface area contributed by atoms with Gasteiger partial charge in [-0.3, -0.25) is 9.78 Å². The topological polar surface area (TPSA) is 81.9 Å². The maximum absolute atomic E-state index is 13.0. The van der Waals surface area contributed by atoms with Gasteiger partial charge in [-0.15, -0.1) is 0 Å². The lowest BCUT2D eigenvalue weighted by molar-refractivity contribution is 0.0835. The molecule has 2 heterocycles. The van der Waals surface area contributed by atoms with E-state index < -0.39 is 5.54 Å². The summed E-state index contributed by atoms with van der Waals surface area (Å²) >= 11 is 0. The van der Waals surface area contributed by atoms with E-state index in [9.17, 15) is 4.79 Å². The van der Waals surface area contributed by atoms with Gasteiger partial charge in [0, 0.05) is 18.0 Å². The SMILES string of the molecule is [C-]#[N+]c1cncc(-c2cccc3c2CCC2(COC(N)=N2)C3=O)c1. The van der Waals surface area contributed by atoms with E-state index in [1.54, 1.807) is 12.3 Å². The molecule has 6 heteroatoms. The number of ketones is 1. The van der Waals surface area contributed by atoms with E-state index in [4.69, 9.17) is 17.0 Å². The first-order valence-corrected chi connectivity index (χ1v) is 7.61. The predicted molar refractivity (Wildman–Crippen MR) is 88.9 cm³/mol. The average molecular weight is 318 g/mol. The first-order valence-electron chi connectivity index (χ1n) is 7.61. The van der Waals surface area contributed by atoms with E-state index in [0.717, 1.165) is 16.7 Å². The molecule has 0 saturated heterocycles. The van der Waals surface area contributed by atoms with Crippen molar-refractivity contribution in [2.24, 2.45) is 10.7 Å². The van der Waals surface area contributed by atoms with Crippen LogP contribution >= 0.6 is 0 Å². The maximum atomic E-state index is 13.0. The van der Waals surface area contributed by atoms with E-state index in [1.807, 2.05) is 18.2 Å². The second kappa shape index (κ2) is 5.17. The molecule has 1 spiro atoms. The smallest absolute Gasteiger partial charge is 0.283 e. The predicted octanol–water partition coefficient (Wildman–Crippen LogP) is 2.51. The molecule has 1 aromatic carbocycles. The van der Waals surface area contributed by atoms with Crippen LogP contribution < -0.4 is 5.73 Å². The highest BCUT2D eigenvalue weighted by atomic mass is 16.5. The molecule has 1 aliphatic heterocycles. The van der Waals surface area contributed by atoms with Crippen LogP contribution in [0.1, 0.15) is 22.3 Å². The molecule has 2 aliphatic rings. The number of pyridine rings is 1. The first kappa shape index (κ1) is 14.4. The minimum atomic E-state index is -0.883. The van der Waals surface area contributed by atoms with Crippen LogP contribution in [-0.4, -0.2) is 28.9 Å². The molecule has 0 radical (unpaired) electrons. The Morgan fingerprint density at radius 3 is 2.88 bits per heavy atom. The summed E-state index contributed by atoms with van der Waals surface area (Å²) in [6.07, 6.45) is 4.50. The Hall–Kier alpha value is -3.20. The number of rotatable bonds is 1. The number of aliphatic imine (C=N–C) groups is 1. The molecule has 0 saturated carbocycles. The Balaban J connectivity index is 1.83. The van der Waals surface area contributed by atoms with Crippen LogP contribution in [0.25, 0.3) is 16.0 Å². The van der Waals surface area contributed by atoms with Gasteiger partial charge in [0.1, 0.15) is 6.61 Å². The maximum Gasteiger partial charge on any atom is 0.283 e. The third-order valence-electron chi connectivity index (χ3n) is 4.58. The van der Waals surface area contributed by atoms with Crippen molar-refractivity contribution in [3.63, 3.8) is 0 Å². The number of nitrogens with two attached hydrogens (primary N) is 1. The fraction of sp³-hybridized carbons (Fsp3) is 0.222. The van der Waals surface area contributed by atoms with Gasteiger partial charge in [-0.1, -0.05) is 18.2 Å². The van der Waals surface area contributed by atoms with Crippen molar-refractivity contribution in [1.82, 2.24) is 4.98 Å². The van der Waals surface area contributed by atoms with Gasteiger partial charge in [-0.25, -0.2) is 9.84 Å². The highest BCUT2D eigenvalue weighted by Gasteiger charge is 2.47. The second-order valence-electron chi connectivity index (χ2n) is 5.97. The zero-order chi connectivity index (χ0) is 16.7. The Morgan fingerprint density at radius 2 is 2.12 bits per heavy atom. The fourth-order valence-electron chi connectivity index (χ4n) is 3.38. The number of fused-ring (bicyclic) bond motifs is 1. The Labute approximate surface area is 138 Å². The molecule has 4 rings (SSSR count). The van der Waals surface area contributed by atoms with Crippen molar-refractivity contribution in [2.75, 3.05) is 6.61 Å². The van der Waals surface area contributed by atoms with Gasteiger partial charge < -0.3 is 10.5 Å². The van der Waals surface area contributed by atoms with Gasteiger partial charge >= 0.3 is 0 Å². The highest BCUT2D eigenvalue weighted by molar-refractivity contribution is 6.08. The molecule has 0 amide bonds. The van der Waals surface area contributed by atoms with Crippen LogP contribution in [0.2, 0.25) is 0 Å². The molecule has 1 unspecified atom stereocenters. The Kier molecular flexibility index (Phi) is 3.10. The number of benzene rings is 1. The molecule has 1 atom stereocenters. The minimum Gasteiger partial charge on any atom is -0.462 e. The number of nitrogens with zero attached hydrogens (tertiary/aromatic N) is 3. The number of hydrogen-bond acceptors (Lipinski definition) is 5. The van der Waals surface area contributed by atoms with E-state index >= 15 is 0 Å². The normalized spacial score (nSPS) is 21.8. The summed E-state index contributed by atoms with van der Waals surface area (Å²) in [7, 11) is 0. The summed E-state index contributed by atoms with van der Waals surface area (Å²) < 4.78 is 5.24. The van der Waals surface area contributed by atoms with Crippen molar-refractivity contribution >= 4 is 17.5 Å². The number of carbonyl (C=O) groups excluding carboxylic acids is 1. The number of amidine groups is 1. The molecule has 2 aromatic rings. The summed E-state index contributed by atoms with van der Waals surface area (Å²) in [5.41, 5.74) is 8.60. The van der Waals surface area contributed by atoms with Crippen LogP contribution in [0.15, 0.2) is 41.7 Å². The van der Waals surface area contributed by atoms with Crippen LogP contribution in [0.5, 0.6) is 0 Å². The fourth-order valence-corrected chi connectivity index (χ4v) is 3.38. The third kappa shape index (κ3) is 2.06. The lowest BCUT2D eigenvalue weighted by Crippen LogP contribution is -2.42. The van der Waals surface area contributed by atoms with Crippen LogP contribution in [0.4, 0.5) is 5.69 Å². The average Bonchev–Trinajstić information content (AvgIpc) is 3.00. The number of ether oxygens (including phenoxy) is 1. The molecule has 2 N–H and O–H groups in total. The third-order valence-corrected chi connectivity index (χ3v) is 4.58.